The maximum absolute atomic E-state index is 9.23. The molecule has 0 saturated heterocycles. The SMILES string of the molecule is COCCNC(O)C(C)(C)O. The molecule has 4 nitrogen and oxygen atoms in total. The Hall–Kier alpha value is -0.160. The average molecular weight is 163 g/mol. The van der Waals surface area contributed by atoms with E-state index >= 15 is 0 Å². The van der Waals surface area contributed by atoms with Crippen LogP contribution in [0.2, 0.25) is 0 Å². The number of hydrogen-bond acceptors (Lipinski definition) is 4. The summed E-state index contributed by atoms with van der Waals surface area (Å²) < 4.78 is 4.75. The van der Waals surface area contributed by atoms with Gasteiger partial charge in [0.2, 0.25) is 0 Å². The van der Waals surface area contributed by atoms with Crippen LogP contribution in [0, 0.1) is 0 Å². The van der Waals surface area contributed by atoms with Crippen molar-refractivity contribution in [1.29, 1.82) is 0 Å². The number of nitrogens with one attached hydrogen (secondary N) is 1. The number of ether oxygens (including phenoxy) is 1. The monoisotopic (exact) mass is 163 g/mol. The lowest BCUT2D eigenvalue weighted by Crippen LogP contribution is -2.47. The molecule has 4 heteroatoms. The zero-order valence-corrected chi connectivity index (χ0v) is 7.29. The highest BCUT2D eigenvalue weighted by Crippen LogP contribution is 2.04. The van der Waals surface area contributed by atoms with Crippen molar-refractivity contribution in [3.05, 3.63) is 0 Å². The Bertz CT molecular complexity index is 100. The van der Waals surface area contributed by atoms with Crippen LogP contribution in [-0.2, 0) is 4.74 Å². The third-order valence-corrected chi connectivity index (χ3v) is 1.31. The average Bonchev–Trinajstić information content (AvgIpc) is 1.86. The van der Waals surface area contributed by atoms with E-state index in [0.717, 1.165) is 0 Å². The Balaban J connectivity index is 3.44. The Morgan fingerprint density at radius 1 is 1.55 bits per heavy atom. The maximum Gasteiger partial charge on any atom is 0.133 e. The molecule has 0 saturated carbocycles. The van der Waals surface area contributed by atoms with E-state index in [1.807, 2.05) is 0 Å². The van der Waals surface area contributed by atoms with Gasteiger partial charge in [-0.2, -0.15) is 0 Å². The Kier molecular flexibility index (Phi) is 4.60. The van der Waals surface area contributed by atoms with Crippen LogP contribution in [0.1, 0.15) is 13.8 Å². The lowest BCUT2D eigenvalue weighted by molar-refractivity contribution is -0.0662. The van der Waals surface area contributed by atoms with Gasteiger partial charge in [0.15, 0.2) is 0 Å². The number of hydrogen-bond donors (Lipinski definition) is 3. The van der Waals surface area contributed by atoms with Gasteiger partial charge in [-0.25, -0.2) is 0 Å². The van der Waals surface area contributed by atoms with E-state index in [9.17, 15) is 10.2 Å². The molecule has 11 heavy (non-hydrogen) atoms. The Morgan fingerprint density at radius 2 is 2.09 bits per heavy atom. The van der Waals surface area contributed by atoms with Gasteiger partial charge in [0.25, 0.3) is 0 Å². The van der Waals surface area contributed by atoms with Crippen molar-refractivity contribution in [3.8, 4) is 0 Å². The second-order valence-corrected chi connectivity index (χ2v) is 3.00. The summed E-state index contributed by atoms with van der Waals surface area (Å²) in [5.41, 5.74) is -1.10. The molecule has 1 atom stereocenters. The first-order valence-corrected chi connectivity index (χ1v) is 3.61. The summed E-state index contributed by atoms with van der Waals surface area (Å²) in [6.45, 7) is 4.13. The first-order chi connectivity index (χ1) is 4.98. The smallest absolute Gasteiger partial charge is 0.133 e. The van der Waals surface area contributed by atoms with Gasteiger partial charge in [-0.1, -0.05) is 0 Å². The molecule has 0 heterocycles. The van der Waals surface area contributed by atoms with Gasteiger partial charge >= 0.3 is 0 Å². The summed E-state index contributed by atoms with van der Waals surface area (Å²) in [4.78, 5) is 0. The molecule has 68 valence electrons. The molecule has 0 rings (SSSR count). The van der Waals surface area contributed by atoms with Crippen molar-refractivity contribution in [2.24, 2.45) is 0 Å². The second-order valence-electron chi connectivity index (χ2n) is 3.00. The maximum atomic E-state index is 9.23. The van der Waals surface area contributed by atoms with E-state index in [1.165, 1.54) is 13.8 Å². The van der Waals surface area contributed by atoms with Crippen LogP contribution in [-0.4, -0.2) is 42.3 Å². The van der Waals surface area contributed by atoms with Gasteiger partial charge in [-0.05, 0) is 13.8 Å². The fourth-order valence-corrected chi connectivity index (χ4v) is 0.547. The van der Waals surface area contributed by atoms with E-state index in [4.69, 9.17) is 4.74 Å². The van der Waals surface area contributed by atoms with Crippen molar-refractivity contribution in [1.82, 2.24) is 5.32 Å². The van der Waals surface area contributed by atoms with Crippen LogP contribution < -0.4 is 5.32 Å². The molecule has 0 spiro atoms. The highest BCUT2D eigenvalue weighted by molar-refractivity contribution is 4.73. The van der Waals surface area contributed by atoms with Gasteiger partial charge in [-0.15, -0.1) is 0 Å². The molecule has 0 fully saturated rings. The topological polar surface area (TPSA) is 61.7 Å². The van der Waals surface area contributed by atoms with Crippen LogP contribution in [0.4, 0.5) is 0 Å². The fraction of sp³-hybridized carbons (Fsp3) is 1.00. The summed E-state index contributed by atoms with van der Waals surface area (Å²) >= 11 is 0. The van der Waals surface area contributed by atoms with Gasteiger partial charge in [-0.3, -0.25) is 5.32 Å². The van der Waals surface area contributed by atoms with E-state index < -0.39 is 11.8 Å². The lowest BCUT2D eigenvalue weighted by atomic mass is 10.1. The lowest BCUT2D eigenvalue weighted by Gasteiger charge is -2.25. The zero-order valence-electron chi connectivity index (χ0n) is 7.29. The predicted molar refractivity (Wildman–Crippen MR) is 42.2 cm³/mol. The van der Waals surface area contributed by atoms with Gasteiger partial charge in [0.05, 0.1) is 12.2 Å². The summed E-state index contributed by atoms with van der Waals surface area (Å²) in [6, 6.07) is 0. The number of methoxy groups -OCH3 is 1. The number of rotatable bonds is 5. The van der Waals surface area contributed by atoms with Crippen LogP contribution in [0.25, 0.3) is 0 Å². The Labute approximate surface area is 67.2 Å². The van der Waals surface area contributed by atoms with E-state index in [0.29, 0.717) is 13.2 Å². The molecule has 1 unspecified atom stereocenters. The van der Waals surface area contributed by atoms with Crippen molar-refractivity contribution < 1.29 is 14.9 Å². The minimum Gasteiger partial charge on any atom is -0.386 e. The third-order valence-electron chi connectivity index (χ3n) is 1.31. The van der Waals surface area contributed by atoms with Crippen LogP contribution >= 0.6 is 0 Å². The highest BCUT2D eigenvalue weighted by atomic mass is 16.5. The van der Waals surface area contributed by atoms with Crippen molar-refractivity contribution >= 4 is 0 Å². The molecule has 0 bridgehead atoms. The van der Waals surface area contributed by atoms with Gasteiger partial charge < -0.3 is 14.9 Å². The Morgan fingerprint density at radius 3 is 2.45 bits per heavy atom. The molecule has 0 aromatic heterocycles. The fourth-order valence-electron chi connectivity index (χ4n) is 0.547. The molecule has 0 aliphatic rings. The minimum absolute atomic E-state index is 0.521. The minimum atomic E-state index is -1.10. The molecule has 0 amide bonds. The third kappa shape index (κ3) is 5.15. The normalized spacial score (nSPS) is 15.0. The molecule has 0 aromatic rings. The molecule has 0 radical (unpaired) electrons. The van der Waals surface area contributed by atoms with Crippen LogP contribution in [0.15, 0.2) is 0 Å². The molecular formula is C7H17NO3. The van der Waals surface area contributed by atoms with E-state index in [2.05, 4.69) is 5.32 Å². The molecule has 0 aromatic carbocycles. The quantitative estimate of drug-likeness (QED) is 0.371. The van der Waals surface area contributed by atoms with Crippen LogP contribution in [0.3, 0.4) is 0 Å². The standard InChI is InChI=1S/C7H17NO3/c1-7(2,10)6(9)8-4-5-11-3/h6,8-10H,4-5H2,1-3H3. The van der Waals surface area contributed by atoms with Crippen molar-refractivity contribution in [2.75, 3.05) is 20.3 Å². The first-order valence-electron chi connectivity index (χ1n) is 3.61. The van der Waals surface area contributed by atoms with E-state index in [-0.39, 0.29) is 0 Å². The molecule has 0 aliphatic carbocycles. The van der Waals surface area contributed by atoms with Gasteiger partial charge in [0, 0.05) is 13.7 Å². The predicted octanol–water partition coefficient (Wildman–Crippen LogP) is -0.688. The summed E-state index contributed by atoms with van der Waals surface area (Å²) in [6.07, 6.45) is -0.905. The molecule has 3 N–H and O–H groups in total. The van der Waals surface area contributed by atoms with E-state index in [1.54, 1.807) is 7.11 Å². The van der Waals surface area contributed by atoms with Crippen molar-refractivity contribution in [3.63, 3.8) is 0 Å². The molecule has 0 aliphatic heterocycles. The first kappa shape index (κ1) is 10.8. The largest absolute Gasteiger partial charge is 0.386 e. The highest BCUT2D eigenvalue weighted by Gasteiger charge is 2.23. The molecular weight excluding hydrogens is 146 g/mol. The second kappa shape index (κ2) is 4.66. The summed E-state index contributed by atoms with van der Waals surface area (Å²) in [5, 5.41) is 21.1. The zero-order chi connectivity index (χ0) is 8.91. The van der Waals surface area contributed by atoms with Gasteiger partial charge in [0.1, 0.15) is 6.23 Å². The summed E-state index contributed by atoms with van der Waals surface area (Å²) in [5.74, 6) is 0. The van der Waals surface area contributed by atoms with Crippen LogP contribution in [0.5, 0.6) is 0 Å². The van der Waals surface area contributed by atoms with Crippen molar-refractivity contribution in [2.45, 2.75) is 25.7 Å². The number of aliphatic hydroxyl groups excluding tert-OH is 1. The number of aliphatic hydroxyl groups is 2. The summed E-state index contributed by atoms with van der Waals surface area (Å²) in [7, 11) is 1.58.